The molecule has 0 bridgehead atoms. The van der Waals surface area contributed by atoms with Crippen molar-refractivity contribution in [3.63, 3.8) is 0 Å². The molecular weight excluding hydrogens is 370 g/mol. The Morgan fingerprint density at radius 2 is 2.04 bits per heavy atom. The molecule has 1 aromatic carbocycles. The molecule has 6 nitrogen and oxygen atoms in total. The van der Waals surface area contributed by atoms with Gasteiger partial charge in [0.15, 0.2) is 11.6 Å². The number of hydrogen-bond donors (Lipinski definition) is 3. The number of aliphatic hydroxyl groups is 1. The molecule has 0 aliphatic heterocycles. The molecule has 2 rings (SSSR count). The van der Waals surface area contributed by atoms with Gasteiger partial charge >= 0.3 is 6.09 Å². The zero-order valence-corrected chi connectivity index (χ0v) is 16.9. The number of ether oxygens (including phenoxy) is 2. The fourth-order valence-electron chi connectivity index (χ4n) is 3.08. The third-order valence-corrected chi connectivity index (χ3v) is 4.37. The standard InChI is InChI=1S/C20H30F2N2O4/c1-12(10-24-19(26)28-20(2,3)4)27-18-13(8-14(21)9-15(18)22)11-23-16-6-5-7-17(16)25/h8-9,12,16-17,23,25H,5-7,10-11H2,1-4H3,(H,24,26)/t12-,16?,17?/m0/s1. The van der Waals surface area contributed by atoms with Crippen LogP contribution in [0.1, 0.15) is 52.5 Å². The third-order valence-electron chi connectivity index (χ3n) is 4.37. The lowest BCUT2D eigenvalue weighted by Gasteiger charge is -2.22. The maximum atomic E-state index is 14.3. The Morgan fingerprint density at radius 3 is 2.64 bits per heavy atom. The van der Waals surface area contributed by atoms with Crippen LogP contribution in [0.5, 0.6) is 5.75 Å². The number of aliphatic hydroxyl groups excluding tert-OH is 1. The van der Waals surface area contributed by atoms with Crippen LogP contribution in [0, 0.1) is 11.6 Å². The summed E-state index contributed by atoms with van der Waals surface area (Å²) in [6.45, 7) is 7.18. The van der Waals surface area contributed by atoms with Gasteiger partial charge in [-0.05, 0) is 53.0 Å². The molecule has 3 atom stereocenters. The molecule has 1 saturated carbocycles. The van der Waals surface area contributed by atoms with E-state index in [1.807, 2.05) is 0 Å². The van der Waals surface area contributed by atoms with E-state index < -0.39 is 35.5 Å². The van der Waals surface area contributed by atoms with Crippen LogP contribution in [-0.4, -0.2) is 41.6 Å². The first-order valence-corrected chi connectivity index (χ1v) is 9.58. The molecule has 1 fully saturated rings. The maximum Gasteiger partial charge on any atom is 0.407 e. The van der Waals surface area contributed by atoms with Crippen molar-refractivity contribution < 1.29 is 28.2 Å². The van der Waals surface area contributed by atoms with Crippen molar-refractivity contribution in [3.8, 4) is 5.75 Å². The highest BCUT2D eigenvalue weighted by Crippen LogP contribution is 2.27. The first kappa shape index (κ1) is 22.4. The highest BCUT2D eigenvalue weighted by Gasteiger charge is 2.25. The Balaban J connectivity index is 1.98. The van der Waals surface area contributed by atoms with Gasteiger partial charge in [-0.15, -0.1) is 0 Å². The van der Waals surface area contributed by atoms with Crippen molar-refractivity contribution in [1.29, 1.82) is 0 Å². The van der Waals surface area contributed by atoms with Crippen molar-refractivity contribution in [2.75, 3.05) is 6.54 Å². The molecule has 1 aliphatic carbocycles. The Kier molecular flexibility index (Phi) is 7.60. The van der Waals surface area contributed by atoms with E-state index in [0.29, 0.717) is 12.0 Å². The van der Waals surface area contributed by atoms with Crippen molar-refractivity contribution >= 4 is 6.09 Å². The van der Waals surface area contributed by atoms with Crippen LogP contribution < -0.4 is 15.4 Å². The lowest BCUT2D eigenvalue weighted by molar-refractivity contribution is 0.0504. The molecule has 28 heavy (non-hydrogen) atoms. The molecule has 3 N–H and O–H groups in total. The van der Waals surface area contributed by atoms with E-state index in [1.165, 1.54) is 6.07 Å². The number of nitrogens with one attached hydrogen (secondary N) is 2. The summed E-state index contributed by atoms with van der Waals surface area (Å²) in [7, 11) is 0. The van der Waals surface area contributed by atoms with Gasteiger partial charge in [0.25, 0.3) is 0 Å². The lowest BCUT2D eigenvalue weighted by atomic mass is 10.1. The smallest absolute Gasteiger partial charge is 0.407 e. The van der Waals surface area contributed by atoms with Crippen LogP contribution >= 0.6 is 0 Å². The monoisotopic (exact) mass is 400 g/mol. The molecule has 0 spiro atoms. The van der Waals surface area contributed by atoms with Gasteiger partial charge in [0, 0.05) is 24.2 Å². The summed E-state index contributed by atoms with van der Waals surface area (Å²) in [4.78, 5) is 11.7. The highest BCUT2D eigenvalue weighted by molar-refractivity contribution is 5.67. The Hall–Kier alpha value is -1.93. The van der Waals surface area contributed by atoms with E-state index in [0.717, 1.165) is 18.9 Å². The Labute approximate surface area is 164 Å². The van der Waals surface area contributed by atoms with Gasteiger partial charge in [0.2, 0.25) is 0 Å². The van der Waals surface area contributed by atoms with E-state index in [4.69, 9.17) is 9.47 Å². The minimum atomic E-state index is -0.812. The quantitative estimate of drug-likeness (QED) is 0.655. The summed E-state index contributed by atoms with van der Waals surface area (Å²) in [5.74, 6) is -1.58. The molecule has 158 valence electrons. The van der Waals surface area contributed by atoms with Crippen LogP contribution in [0.3, 0.4) is 0 Å². The third kappa shape index (κ3) is 6.91. The fourth-order valence-corrected chi connectivity index (χ4v) is 3.08. The summed E-state index contributed by atoms with van der Waals surface area (Å²) >= 11 is 0. The second-order valence-corrected chi connectivity index (χ2v) is 8.17. The zero-order valence-electron chi connectivity index (χ0n) is 16.9. The molecular formula is C20H30F2N2O4. The number of amides is 1. The lowest BCUT2D eigenvalue weighted by Crippen LogP contribution is -2.38. The van der Waals surface area contributed by atoms with Gasteiger partial charge in [0.1, 0.15) is 17.5 Å². The topological polar surface area (TPSA) is 79.8 Å². The van der Waals surface area contributed by atoms with Gasteiger partial charge < -0.3 is 25.2 Å². The molecule has 1 aromatic rings. The van der Waals surface area contributed by atoms with Gasteiger partial charge in [-0.2, -0.15) is 0 Å². The van der Waals surface area contributed by atoms with E-state index in [1.54, 1.807) is 27.7 Å². The van der Waals surface area contributed by atoms with Crippen LogP contribution in [0.4, 0.5) is 13.6 Å². The average Bonchev–Trinajstić information content (AvgIpc) is 2.97. The molecule has 8 heteroatoms. The largest absolute Gasteiger partial charge is 0.485 e. The minimum Gasteiger partial charge on any atom is -0.485 e. The van der Waals surface area contributed by atoms with E-state index in [9.17, 15) is 18.7 Å². The minimum absolute atomic E-state index is 0.0696. The van der Waals surface area contributed by atoms with Crippen LogP contribution in [-0.2, 0) is 11.3 Å². The van der Waals surface area contributed by atoms with Crippen LogP contribution in [0.2, 0.25) is 0 Å². The number of carbonyl (C=O) groups is 1. The summed E-state index contributed by atoms with van der Waals surface area (Å²) in [5, 5.41) is 15.6. The molecule has 2 unspecified atom stereocenters. The summed E-state index contributed by atoms with van der Waals surface area (Å²) in [5.41, 5.74) is -0.304. The van der Waals surface area contributed by atoms with Gasteiger partial charge in [-0.3, -0.25) is 0 Å². The fraction of sp³-hybridized carbons (Fsp3) is 0.650. The average molecular weight is 400 g/mol. The second-order valence-electron chi connectivity index (χ2n) is 8.17. The molecule has 0 radical (unpaired) electrons. The van der Waals surface area contributed by atoms with Gasteiger partial charge in [0.05, 0.1) is 12.6 Å². The maximum absolute atomic E-state index is 14.3. The molecule has 0 aromatic heterocycles. The summed E-state index contributed by atoms with van der Waals surface area (Å²) in [6.07, 6.45) is 0.812. The summed E-state index contributed by atoms with van der Waals surface area (Å²) < 4.78 is 38.8. The van der Waals surface area contributed by atoms with Crippen molar-refractivity contribution in [2.24, 2.45) is 0 Å². The number of rotatable bonds is 7. The second kappa shape index (κ2) is 9.52. The first-order valence-electron chi connectivity index (χ1n) is 9.58. The normalized spacial score (nSPS) is 20.7. The molecule has 1 amide bonds. The van der Waals surface area contributed by atoms with Crippen LogP contribution in [0.15, 0.2) is 12.1 Å². The number of halogens is 2. The van der Waals surface area contributed by atoms with Crippen molar-refractivity contribution in [2.45, 2.75) is 77.4 Å². The Morgan fingerprint density at radius 1 is 1.32 bits per heavy atom. The molecule has 0 heterocycles. The summed E-state index contributed by atoms with van der Waals surface area (Å²) in [6, 6.07) is 1.86. The van der Waals surface area contributed by atoms with Crippen molar-refractivity contribution in [3.05, 3.63) is 29.3 Å². The molecule has 1 aliphatic rings. The van der Waals surface area contributed by atoms with E-state index >= 15 is 0 Å². The van der Waals surface area contributed by atoms with E-state index in [-0.39, 0.29) is 24.9 Å². The van der Waals surface area contributed by atoms with E-state index in [2.05, 4.69) is 10.6 Å². The SMILES string of the molecule is C[C@@H](CNC(=O)OC(C)(C)C)Oc1c(F)cc(F)cc1CNC1CCCC1O. The zero-order chi connectivity index (χ0) is 20.9. The number of alkyl carbamates (subject to hydrolysis) is 1. The van der Waals surface area contributed by atoms with Crippen molar-refractivity contribution in [1.82, 2.24) is 10.6 Å². The predicted octanol–water partition coefficient (Wildman–Crippen LogP) is 3.26. The number of hydrogen-bond acceptors (Lipinski definition) is 5. The first-order chi connectivity index (χ1) is 13.0. The van der Waals surface area contributed by atoms with Gasteiger partial charge in [-0.25, -0.2) is 13.6 Å². The Bertz CT molecular complexity index is 679. The van der Waals surface area contributed by atoms with Crippen LogP contribution in [0.25, 0.3) is 0 Å². The highest BCUT2D eigenvalue weighted by atomic mass is 19.1. The molecule has 0 saturated heterocycles. The number of carbonyl (C=O) groups excluding carboxylic acids is 1. The number of benzene rings is 1. The predicted molar refractivity (Wildman–Crippen MR) is 101 cm³/mol. The van der Waals surface area contributed by atoms with Gasteiger partial charge in [-0.1, -0.05) is 0 Å².